The lowest BCUT2D eigenvalue weighted by Crippen LogP contribution is -2.33. The molecule has 3 rings (SSSR count). The summed E-state index contributed by atoms with van der Waals surface area (Å²) in [5, 5.41) is 20.5. The fourth-order valence-corrected chi connectivity index (χ4v) is 4.51. The molecule has 1 saturated heterocycles. The van der Waals surface area contributed by atoms with Gasteiger partial charge in [0.25, 0.3) is 0 Å². The van der Waals surface area contributed by atoms with E-state index in [0.29, 0.717) is 0 Å². The van der Waals surface area contributed by atoms with Crippen molar-refractivity contribution in [2.45, 2.75) is 24.5 Å². The second kappa shape index (κ2) is 7.76. The summed E-state index contributed by atoms with van der Waals surface area (Å²) in [6.45, 7) is -0.827. The molecule has 0 saturated carbocycles. The van der Waals surface area contributed by atoms with Crippen LogP contribution in [-0.2, 0) is 29.7 Å². The first-order valence-corrected chi connectivity index (χ1v) is 11.2. The van der Waals surface area contributed by atoms with Gasteiger partial charge in [0.1, 0.15) is 28.5 Å². The van der Waals surface area contributed by atoms with Crippen LogP contribution in [0.5, 0.6) is 0 Å². The third-order valence-electron chi connectivity index (χ3n) is 4.06. The van der Waals surface area contributed by atoms with Crippen LogP contribution in [0.1, 0.15) is 6.23 Å². The van der Waals surface area contributed by atoms with Crippen molar-refractivity contribution in [3.05, 3.63) is 11.0 Å². The maximum atomic E-state index is 11.5. The van der Waals surface area contributed by atoms with E-state index >= 15 is 0 Å². The lowest BCUT2D eigenvalue weighted by molar-refractivity contribution is -0.0503. The SMILES string of the molecule is Cn1c(N)nc2c(ncn2[C@@H]2O[C@H](COP(=O)(O)OP(=O)(O)O)[C@@H](O)[C@H]2O)c1=S. The molecule has 2 aromatic rings. The number of hydrogen-bond acceptors (Lipinski definition) is 11. The number of imidazole rings is 1. The topological polar surface area (TPSA) is 225 Å². The lowest BCUT2D eigenvalue weighted by atomic mass is 10.1. The molecular formula is C11H17N5O10P2S. The third kappa shape index (κ3) is 4.57. The second-order valence-electron chi connectivity index (χ2n) is 6.04. The maximum absolute atomic E-state index is 11.5. The van der Waals surface area contributed by atoms with Crippen LogP contribution in [0.25, 0.3) is 11.2 Å². The number of aromatic nitrogens is 4. The van der Waals surface area contributed by atoms with Crippen LogP contribution in [0.15, 0.2) is 6.33 Å². The van der Waals surface area contributed by atoms with E-state index < -0.39 is 46.8 Å². The molecule has 0 bridgehead atoms. The molecule has 7 N–H and O–H groups in total. The van der Waals surface area contributed by atoms with Crippen LogP contribution in [0.2, 0.25) is 0 Å². The summed E-state index contributed by atoms with van der Waals surface area (Å²) in [6.07, 6.45) is -4.46. The molecule has 5 atom stereocenters. The van der Waals surface area contributed by atoms with Crippen molar-refractivity contribution in [2.24, 2.45) is 7.05 Å². The number of anilines is 1. The Hall–Kier alpha value is -1.29. The highest BCUT2D eigenvalue weighted by Crippen LogP contribution is 2.57. The van der Waals surface area contributed by atoms with Gasteiger partial charge in [-0.05, 0) is 0 Å². The Labute approximate surface area is 167 Å². The second-order valence-corrected chi connectivity index (χ2v) is 9.26. The quantitative estimate of drug-likeness (QED) is 0.217. The molecular weight excluding hydrogens is 456 g/mol. The molecule has 0 spiro atoms. The summed E-state index contributed by atoms with van der Waals surface area (Å²) in [4.78, 5) is 34.7. The zero-order valence-corrected chi connectivity index (χ0v) is 17.1. The van der Waals surface area contributed by atoms with Gasteiger partial charge in [0, 0.05) is 7.05 Å². The number of nitrogens with two attached hydrogens (primary N) is 1. The summed E-state index contributed by atoms with van der Waals surface area (Å²) < 4.78 is 38.7. The Morgan fingerprint density at radius 2 is 1.97 bits per heavy atom. The number of rotatable bonds is 6. The molecule has 1 aliphatic rings. The Kier molecular flexibility index (Phi) is 5.99. The van der Waals surface area contributed by atoms with Gasteiger partial charge in [-0.1, -0.05) is 12.2 Å². The van der Waals surface area contributed by atoms with E-state index in [4.69, 9.17) is 32.5 Å². The number of fused-ring (bicyclic) bond motifs is 1. The van der Waals surface area contributed by atoms with Gasteiger partial charge in [-0.25, -0.2) is 14.1 Å². The van der Waals surface area contributed by atoms with Crippen molar-refractivity contribution in [2.75, 3.05) is 12.3 Å². The molecule has 1 unspecified atom stereocenters. The van der Waals surface area contributed by atoms with Crippen LogP contribution in [0.3, 0.4) is 0 Å². The van der Waals surface area contributed by atoms with Gasteiger partial charge >= 0.3 is 15.6 Å². The number of ether oxygens (including phenoxy) is 1. The minimum atomic E-state index is -5.30. The number of phosphoric acid groups is 2. The zero-order valence-electron chi connectivity index (χ0n) is 14.5. The smallest absolute Gasteiger partial charge is 0.387 e. The highest BCUT2D eigenvalue weighted by molar-refractivity contribution is 7.71. The van der Waals surface area contributed by atoms with Crippen molar-refractivity contribution in [3.63, 3.8) is 0 Å². The van der Waals surface area contributed by atoms with Crippen molar-refractivity contribution in [1.29, 1.82) is 0 Å². The van der Waals surface area contributed by atoms with Crippen molar-refractivity contribution >= 4 is 45.0 Å². The minimum absolute atomic E-state index is 0.0629. The Morgan fingerprint density at radius 3 is 2.59 bits per heavy atom. The van der Waals surface area contributed by atoms with Gasteiger partial charge in [-0.2, -0.15) is 9.29 Å². The third-order valence-corrected chi connectivity index (χ3v) is 6.68. The van der Waals surface area contributed by atoms with Crippen LogP contribution >= 0.6 is 27.9 Å². The van der Waals surface area contributed by atoms with Gasteiger partial charge in [-0.3, -0.25) is 9.09 Å². The van der Waals surface area contributed by atoms with Gasteiger partial charge < -0.3 is 39.9 Å². The molecule has 0 aliphatic carbocycles. The maximum Gasteiger partial charge on any atom is 0.481 e. The molecule has 0 aromatic carbocycles. The Balaban J connectivity index is 1.82. The van der Waals surface area contributed by atoms with E-state index in [1.54, 1.807) is 7.05 Å². The molecule has 3 heterocycles. The van der Waals surface area contributed by atoms with Gasteiger partial charge in [0.15, 0.2) is 11.9 Å². The van der Waals surface area contributed by atoms with E-state index in [1.165, 1.54) is 15.5 Å². The Bertz CT molecular complexity index is 1080. The molecule has 1 fully saturated rings. The number of phosphoric ester groups is 1. The van der Waals surface area contributed by atoms with Crippen LogP contribution in [-0.4, -0.2) is 68.9 Å². The highest BCUT2D eigenvalue weighted by Gasteiger charge is 2.46. The molecule has 1 aliphatic heterocycles. The molecule has 15 nitrogen and oxygen atoms in total. The van der Waals surface area contributed by atoms with Crippen molar-refractivity contribution < 1.29 is 47.6 Å². The van der Waals surface area contributed by atoms with Gasteiger partial charge in [0.05, 0.1) is 12.9 Å². The molecule has 2 aromatic heterocycles. The van der Waals surface area contributed by atoms with E-state index in [0.717, 1.165) is 0 Å². The van der Waals surface area contributed by atoms with E-state index in [1.807, 2.05) is 0 Å². The summed E-state index contributed by atoms with van der Waals surface area (Å²) in [6, 6.07) is 0. The Morgan fingerprint density at radius 1 is 1.31 bits per heavy atom. The van der Waals surface area contributed by atoms with E-state index in [9.17, 15) is 24.2 Å². The first-order chi connectivity index (χ1) is 13.3. The highest BCUT2D eigenvalue weighted by atomic mass is 32.1. The van der Waals surface area contributed by atoms with Crippen LogP contribution in [0.4, 0.5) is 5.95 Å². The summed E-state index contributed by atoms with van der Waals surface area (Å²) in [5.74, 6) is 0.0629. The summed E-state index contributed by atoms with van der Waals surface area (Å²) in [5.41, 5.74) is 6.24. The van der Waals surface area contributed by atoms with Gasteiger partial charge in [-0.15, -0.1) is 0 Å². The number of nitrogen functional groups attached to an aromatic ring is 1. The standard InChI is InChI=1S/C11H17N5O10P2S/c1-15-10(29)5-8(14-11(15)12)16(3-13-5)9-7(18)6(17)4(25-9)2-24-28(22,23)26-27(19,20)21/h3-4,6-7,9,17-18H,2H2,1H3,(H2,12,14)(H,22,23)(H2,19,20,21)/t4-,6-,7-,9-/m1/s1. The van der Waals surface area contributed by atoms with Crippen molar-refractivity contribution in [1.82, 2.24) is 19.1 Å². The average molecular weight is 473 g/mol. The molecule has 162 valence electrons. The summed E-state index contributed by atoms with van der Waals surface area (Å²) >= 11 is 5.23. The largest absolute Gasteiger partial charge is 0.481 e. The van der Waals surface area contributed by atoms with Crippen LogP contribution < -0.4 is 5.73 Å². The van der Waals surface area contributed by atoms with Gasteiger partial charge in [0.2, 0.25) is 5.95 Å². The average Bonchev–Trinajstić information content (AvgIpc) is 3.11. The van der Waals surface area contributed by atoms with E-state index in [-0.39, 0.29) is 21.8 Å². The fourth-order valence-electron chi connectivity index (χ4n) is 2.67. The first kappa shape index (κ1) is 22.4. The normalized spacial score (nSPS) is 27.4. The number of aliphatic hydroxyl groups excluding tert-OH is 2. The predicted molar refractivity (Wildman–Crippen MR) is 96.6 cm³/mol. The minimum Gasteiger partial charge on any atom is -0.387 e. The molecule has 0 radical (unpaired) electrons. The molecule has 29 heavy (non-hydrogen) atoms. The van der Waals surface area contributed by atoms with Crippen molar-refractivity contribution in [3.8, 4) is 0 Å². The zero-order chi connectivity index (χ0) is 21.7. The first-order valence-electron chi connectivity index (χ1n) is 7.75. The van der Waals surface area contributed by atoms with Crippen LogP contribution in [0, 0.1) is 4.64 Å². The predicted octanol–water partition coefficient (Wildman–Crippen LogP) is -1.07. The van der Waals surface area contributed by atoms with E-state index in [2.05, 4.69) is 18.8 Å². The number of hydrogen-bond donors (Lipinski definition) is 6. The lowest BCUT2D eigenvalue weighted by Gasteiger charge is -2.17. The number of aliphatic hydroxyl groups is 2. The molecule has 18 heteroatoms. The summed E-state index contributed by atoms with van der Waals surface area (Å²) in [7, 11) is -8.86. The number of nitrogens with zero attached hydrogens (tertiary/aromatic N) is 4. The fraction of sp³-hybridized carbons (Fsp3) is 0.545. The molecule has 0 amide bonds. The monoisotopic (exact) mass is 473 g/mol.